The van der Waals surface area contributed by atoms with Crippen molar-refractivity contribution in [1.82, 2.24) is 5.32 Å². The molecule has 1 N–H and O–H groups in total. The maximum absolute atomic E-state index is 8.72. The van der Waals surface area contributed by atoms with Crippen molar-refractivity contribution >= 4 is 0 Å². The molecule has 2 aliphatic heterocycles. The van der Waals surface area contributed by atoms with Crippen LogP contribution >= 0.6 is 0 Å². The van der Waals surface area contributed by atoms with Gasteiger partial charge in [0.2, 0.25) is 0 Å². The Labute approximate surface area is 102 Å². The Balaban J connectivity index is 2.27. The Bertz CT molecular complexity index is 438. The van der Waals surface area contributed by atoms with Gasteiger partial charge in [-0.2, -0.15) is 5.26 Å². The lowest BCUT2D eigenvalue weighted by atomic mass is 9.90. The summed E-state index contributed by atoms with van der Waals surface area (Å²) in [5.74, 6) is 0.948. The molecule has 0 saturated carbocycles. The van der Waals surface area contributed by atoms with Gasteiger partial charge < -0.3 is 10.1 Å². The third-order valence-corrected chi connectivity index (χ3v) is 3.06. The first-order valence-corrected chi connectivity index (χ1v) is 5.82. The van der Waals surface area contributed by atoms with E-state index in [0.717, 1.165) is 25.1 Å². The van der Waals surface area contributed by atoms with Crippen LogP contribution in [0.1, 0.15) is 6.42 Å². The third kappa shape index (κ3) is 2.48. The predicted molar refractivity (Wildman–Crippen MR) is 67.0 cm³/mol. The lowest BCUT2D eigenvalue weighted by Gasteiger charge is -2.19. The summed E-state index contributed by atoms with van der Waals surface area (Å²) in [6.07, 6.45) is 8.49. The van der Waals surface area contributed by atoms with Gasteiger partial charge in [-0.25, -0.2) is 0 Å². The van der Waals surface area contributed by atoms with Gasteiger partial charge in [0.15, 0.2) is 0 Å². The second kappa shape index (κ2) is 5.51. The van der Waals surface area contributed by atoms with E-state index in [9.17, 15) is 0 Å². The molecule has 0 spiro atoms. The molecular formula is C14H16N2O. The summed E-state index contributed by atoms with van der Waals surface area (Å²) < 4.78 is 5.58. The highest BCUT2D eigenvalue weighted by atomic mass is 16.5. The highest BCUT2D eigenvalue weighted by molar-refractivity contribution is 5.42. The van der Waals surface area contributed by atoms with Gasteiger partial charge in [0.25, 0.3) is 0 Å². The maximum atomic E-state index is 8.72. The van der Waals surface area contributed by atoms with Crippen molar-refractivity contribution in [2.45, 2.75) is 6.42 Å². The molecule has 1 atom stereocenters. The lowest BCUT2D eigenvalue weighted by Crippen LogP contribution is -2.26. The molecule has 2 heterocycles. The topological polar surface area (TPSA) is 45.0 Å². The van der Waals surface area contributed by atoms with Gasteiger partial charge in [-0.15, -0.1) is 0 Å². The maximum Gasteiger partial charge on any atom is 0.133 e. The third-order valence-electron chi connectivity index (χ3n) is 3.06. The van der Waals surface area contributed by atoms with E-state index in [4.69, 9.17) is 10.00 Å². The summed E-state index contributed by atoms with van der Waals surface area (Å²) in [5, 5.41) is 12.1. The molecule has 2 rings (SSSR count). The summed E-state index contributed by atoms with van der Waals surface area (Å²) in [4.78, 5) is 0. The molecule has 0 amide bonds. The Morgan fingerprint density at radius 1 is 1.59 bits per heavy atom. The highest BCUT2D eigenvalue weighted by Crippen LogP contribution is 2.35. The van der Waals surface area contributed by atoms with E-state index in [1.807, 2.05) is 12.1 Å². The van der Waals surface area contributed by atoms with Crippen LogP contribution in [0.15, 0.2) is 47.8 Å². The van der Waals surface area contributed by atoms with Crippen LogP contribution in [0.3, 0.4) is 0 Å². The largest absolute Gasteiger partial charge is 0.492 e. The van der Waals surface area contributed by atoms with Crippen LogP contribution in [0.25, 0.3) is 0 Å². The molecule has 0 bridgehead atoms. The fourth-order valence-electron chi connectivity index (χ4n) is 2.26. The molecule has 3 nitrogen and oxygen atoms in total. The van der Waals surface area contributed by atoms with E-state index in [0.29, 0.717) is 12.4 Å². The SMILES string of the molecule is C=C/C=C1\C(=C\C#N)OCC1C1=CCCNC1. The molecule has 0 aliphatic carbocycles. The first kappa shape index (κ1) is 11.7. The first-order valence-electron chi connectivity index (χ1n) is 5.82. The number of nitriles is 1. The van der Waals surface area contributed by atoms with Crippen molar-refractivity contribution in [3.05, 3.63) is 47.8 Å². The quantitative estimate of drug-likeness (QED) is 0.581. The van der Waals surface area contributed by atoms with Crippen LogP contribution in [0, 0.1) is 17.2 Å². The molecule has 0 radical (unpaired) electrons. The van der Waals surface area contributed by atoms with Crippen molar-refractivity contribution in [2.75, 3.05) is 19.7 Å². The minimum atomic E-state index is 0.264. The van der Waals surface area contributed by atoms with E-state index in [1.165, 1.54) is 11.6 Å². The molecular weight excluding hydrogens is 212 g/mol. The Kier molecular flexibility index (Phi) is 3.79. The van der Waals surface area contributed by atoms with Gasteiger partial charge in [0.1, 0.15) is 5.76 Å². The van der Waals surface area contributed by atoms with Crippen molar-refractivity contribution < 1.29 is 4.74 Å². The fraction of sp³-hybridized carbons (Fsp3) is 0.357. The van der Waals surface area contributed by atoms with Crippen LogP contribution in [0.4, 0.5) is 0 Å². The molecule has 17 heavy (non-hydrogen) atoms. The summed E-state index contributed by atoms with van der Waals surface area (Å²) in [6.45, 7) is 6.29. The average molecular weight is 228 g/mol. The van der Waals surface area contributed by atoms with Gasteiger partial charge in [-0.05, 0) is 18.5 Å². The lowest BCUT2D eigenvalue weighted by molar-refractivity contribution is 0.248. The van der Waals surface area contributed by atoms with Crippen LogP contribution in [0.5, 0.6) is 0 Å². The second-order valence-electron chi connectivity index (χ2n) is 4.10. The van der Waals surface area contributed by atoms with E-state index in [1.54, 1.807) is 6.08 Å². The van der Waals surface area contributed by atoms with E-state index < -0.39 is 0 Å². The molecule has 0 aromatic carbocycles. The Hall–Kier alpha value is -1.79. The van der Waals surface area contributed by atoms with Crippen LogP contribution in [-0.2, 0) is 4.74 Å². The summed E-state index contributed by atoms with van der Waals surface area (Å²) >= 11 is 0. The van der Waals surface area contributed by atoms with E-state index in [-0.39, 0.29) is 5.92 Å². The highest BCUT2D eigenvalue weighted by Gasteiger charge is 2.30. The van der Waals surface area contributed by atoms with E-state index in [2.05, 4.69) is 18.0 Å². The zero-order valence-corrected chi connectivity index (χ0v) is 9.78. The van der Waals surface area contributed by atoms with Crippen LogP contribution < -0.4 is 5.32 Å². The average Bonchev–Trinajstić information content (AvgIpc) is 2.75. The van der Waals surface area contributed by atoms with Crippen molar-refractivity contribution in [3.63, 3.8) is 0 Å². The Morgan fingerprint density at radius 2 is 2.47 bits per heavy atom. The van der Waals surface area contributed by atoms with E-state index >= 15 is 0 Å². The number of hydrogen-bond acceptors (Lipinski definition) is 3. The molecule has 0 aromatic heterocycles. The molecule has 88 valence electrons. The molecule has 1 unspecified atom stereocenters. The van der Waals surface area contributed by atoms with Crippen LogP contribution in [0.2, 0.25) is 0 Å². The van der Waals surface area contributed by atoms with Gasteiger partial charge in [-0.3, -0.25) is 0 Å². The second-order valence-corrected chi connectivity index (χ2v) is 4.10. The van der Waals surface area contributed by atoms with Crippen molar-refractivity contribution in [2.24, 2.45) is 5.92 Å². The standard InChI is InChI=1S/C14H16N2O/c1-2-4-12-13(10-17-14(12)6-7-15)11-5-3-8-16-9-11/h2,4-6,13,16H,1,3,8-10H2/b12-4-,14-6-. The summed E-state index contributed by atoms with van der Waals surface area (Å²) in [7, 11) is 0. The number of allylic oxidation sites excluding steroid dienone is 4. The van der Waals surface area contributed by atoms with Gasteiger partial charge in [0, 0.05) is 18.0 Å². The monoisotopic (exact) mass is 228 g/mol. The van der Waals surface area contributed by atoms with Gasteiger partial charge in [-0.1, -0.05) is 24.8 Å². The van der Waals surface area contributed by atoms with Gasteiger partial charge >= 0.3 is 0 Å². The summed E-state index contributed by atoms with van der Waals surface area (Å²) in [6, 6.07) is 2.02. The molecule has 2 aliphatic rings. The molecule has 3 heteroatoms. The molecule has 1 fully saturated rings. The number of ether oxygens (including phenoxy) is 1. The first-order chi connectivity index (χ1) is 8.36. The predicted octanol–water partition coefficient (Wildman–Crippen LogP) is 2.07. The molecule has 0 aromatic rings. The number of hydrogen-bond donors (Lipinski definition) is 1. The molecule has 1 saturated heterocycles. The smallest absolute Gasteiger partial charge is 0.133 e. The number of nitrogens with one attached hydrogen (secondary N) is 1. The zero-order valence-electron chi connectivity index (χ0n) is 9.78. The number of rotatable bonds is 2. The number of nitrogens with zero attached hydrogens (tertiary/aromatic N) is 1. The summed E-state index contributed by atoms with van der Waals surface area (Å²) in [5.41, 5.74) is 2.42. The normalized spacial score (nSPS) is 28.6. The van der Waals surface area contributed by atoms with Crippen LogP contribution in [-0.4, -0.2) is 19.7 Å². The van der Waals surface area contributed by atoms with Crippen molar-refractivity contribution in [1.29, 1.82) is 5.26 Å². The Morgan fingerprint density at radius 3 is 3.12 bits per heavy atom. The van der Waals surface area contributed by atoms with Crippen molar-refractivity contribution in [3.8, 4) is 6.07 Å². The minimum Gasteiger partial charge on any atom is -0.492 e. The minimum absolute atomic E-state index is 0.264. The fourth-order valence-corrected chi connectivity index (χ4v) is 2.26. The zero-order chi connectivity index (χ0) is 12.1. The van der Waals surface area contributed by atoms with Gasteiger partial charge in [0.05, 0.1) is 18.8 Å².